The predicted molar refractivity (Wildman–Crippen MR) is 73.6 cm³/mol. The third-order valence-electron chi connectivity index (χ3n) is 2.58. The van der Waals surface area contributed by atoms with E-state index in [1.807, 2.05) is 6.92 Å². The fourth-order valence-corrected chi connectivity index (χ4v) is 2.92. The predicted octanol–water partition coefficient (Wildman–Crippen LogP) is 2.05. The SMILES string of the molecule is CCCS(=O)(=O)c1ccc(NCCC(C)O)cc1. The first-order valence-corrected chi connectivity index (χ1v) is 7.85. The number of aliphatic hydroxyl groups excluding tert-OH is 1. The molecular formula is C13H21NO3S. The first-order chi connectivity index (χ1) is 8.45. The van der Waals surface area contributed by atoms with Gasteiger partial charge in [0.05, 0.1) is 16.8 Å². The number of sulfone groups is 1. The molecule has 1 unspecified atom stereocenters. The van der Waals surface area contributed by atoms with Crippen molar-refractivity contribution in [3.63, 3.8) is 0 Å². The van der Waals surface area contributed by atoms with Crippen molar-refractivity contribution in [2.45, 2.75) is 37.7 Å². The third-order valence-corrected chi connectivity index (χ3v) is 4.51. The maximum absolute atomic E-state index is 11.8. The number of rotatable bonds is 7. The molecule has 1 aromatic rings. The molecule has 18 heavy (non-hydrogen) atoms. The summed E-state index contributed by atoms with van der Waals surface area (Å²) < 4.78 is 23.6. The fourth-order valence-electron chi connectivity index (χ4n) is 1.59. The quantitative estimate of drug-likeness (QED) is 0.796. The van der Waals surface area contributed by atoms with Crippen LogP contribution in [0.1, 0.15) is 26.7 Å². The van der Waals surface area contributed by atoms with Gasteiger partial charge < -0.3 is 10.4 Å². The van der Waals surface area contributed by atoms with Gasteiger partial charge in [0.15, 0.2) is 9.84 Å². The van der Waals surface area contributed by atoms with Crippen LogP contribution in [0.4, 0.5) is 5.69 Å². The van der Waals surface area contributed by atoms with E-state index >= 15 is 0 Å². The molecule has 5 heteroatoms. The highest BCUT2D eigenvalue weighted by atomic mass is 32.2. The first-order valence-electron chi connectivity index (χ1n) is 6.20. The van der Waals surface area contributed by atoms with Gasteiger partial charge in [-0.15, -0.1) is 0 Å². The third kappa shape index (κ3) is 4.66. The van der Waals surface area contributed by atoms with Crippen molar-refractivity contribution in [1.82, 2.24) is 0 Å². The van der Waals surface area contributed by atoms with Crippen molar-refractivity contribution >= 4 is 15.5 Å². The van der Waals surface area contributed by atoms with Crippen LogP contribution < -0.4 is 5.32 Å². The Labute approximate surface area is 109 Å². The molecule has 0 aliphatic carbocycles. The molecule has 0 bridgehead atoms. The molecule has 0 aromatic heterocycles. The van der Waals surface area contributed by atoms with Gasteiger partial charge in [-0.05, 0) is 44.0 Å². The van der Waals surface area contributed by atoms with Crippen molar-refractivity contribution in [3.05, 3.63) is 24.3 Å². The summed E-state index contributed by atoms with van der Waals surface area (Å²) in [6.07, 6.45) is 0.953. The summed E-state index contributed by atoms with van der Waals surface area (Å²) in [5.74, 6) is 0.182. The van der Waals surface area contributed by atoms with Gasteiger partial charge in [-0.3, -0.25) is 0 Å². The molecule has 1 atom stereocenters. The summed E-state index contributed by atoms with van der Waals surface area (Å²) in [6.45, 7) is 4.25. The van der Waals surface area contributed by atoms with Crippen molar-refractivity contribution in [2.75, 3.05) is 17.6 Å². The summed E-state index contributed by atoms with van der Waals surface area (Å²) in [7, 11) is -3.13. The molecule has 0 fully saturated rings. The van der Waals surface area contributed by atoms with Gasteiger partial charge in [-0.1, -0.05) is 6.92 Å². The van der Waals surface area contributed by atoms with E-state index in [4.69, 9.17) is 5.11 Å². The van der Waals surface area contributed by atoms with Gasteiger partial charge >= 0.3 is 0 Å². The second-order valence-electron chi connectivity index (χ2n) is 4.41. The lowest BCUT2D eigenvalue weighted by Gasteiger charge is -2.09. The molecule has 0 radical (unpaired) electrons. The van der Waals surface area contributed by atoms with Crippen molar-refractivity contribution in [3.8, 4) is 0 Å². The minimum absolute atomic E-state index is 0.182. The molecule has 0 aliphatic rings. The van der Waals surface area contributed by atoms with E-state index in [0.717, 1.165) is 5.69 Å². The average Bonchev–Trinajstić information content (AvgIpc) is 2.29. The summed E-state index contributed by atoms with van der Waals surface area (Å²) in [4.78, 5) is 0.366. The van der Waals surface area contributed by atoms with Crippen LogP contribution in [0.5, 0.6) is 0 Å². The Morgan fingerprint density at radius 2 is 1.89 bits per heavy atom. The molecule has 1 aromatic carbocycles. The van der Waals surface area contributed by atoms with Gasteiger partial charge in [0, 0.05) is 12.2 Å². The summed E-state index contributed by atoms with van der Waals surface area (Å²) in [5.41, 5.74) is 0.867. The second-order valence-corrected chi connectivity index (χ2v) is 6.52. The van der Waals surface area contributed by atoms with Gasteiger partial charge in [0.2, 0.25) is 0 Å². The fraction of sp³-hybridized carbons (Fsp3) is 0.538. The number of hydrogen-bond donors (Lipinski definition) is 2. The van der Waals surface area contributed by atoms with Gasteiger partial charge in [-0.25, -0.2) is 8.42 Å². The number of anilines is 1. The normalized spacial score (nSPS) is 13.3. The van der Waals surface area contributed by atoms with E-state index in [0.29, 0.717) is 24.3 Å². The lowest BCUT2D eigenvalue weighted by Crippen LogP contribution is -2.10. The summed E-state index contributed by atoms with van der Waals surface area (Å²) in [5, 5.41) is 12.3. The molecule has 0 heterocycles. The van der Waals surface area contributed by atoms with Gasteiger partial charge in [-0.2, -0.15) is 0 Å². The molecule has 0 amide bonds. The highest BCUT2D eigenvalue weighted by Gasteiger charge is 2.12. The molecule has 102 valence electrons. The van der Waals surface area contributed by atoms with E-state index < -0.39 is 9.84 Å². The van der Waals surface area contributed by atoms with Crippen LogP contribution in [-0.4, -0.2) is 31.9 Å². The second kappa shape index (κ2) is 6.75. The Balaban J connectivity index is 2.63. The van der Waals surface area contributed by atoms with Crippen LogP contribution in [0, 0.1) is 0 Å². The molecule has 0 saturated heterocycles. The number of nitrogens with one attached hydrogen (secondary N) is 1. The van der Waals surface area contributed by atoms with Crippen molar-refractivity contribution in [1.29, 1.82) is 0 Å². The van der Waals surface area contributed by atoms with Crippen LogP contribution in [0.3, 0.4) is 0 Å². The van der Waals surface area contributed by atoms with E-state index in [1.165, 1.54) is 0 Å². The van der Waals surface area contributed by atoms with E-state index in [9.17, 15) is 8.42 Å². The minimum atomic E-state index is -3.13. The zero-order chi connectivity index (χ0) is 13.6. The van der Waals surface area contributed by atoms with Gasteiger partial charge in [0.1, 0.15) is 0 Å². The van der Waals surface area contributed by atoms with E-state index in [-0.39, 0.29) is 11.9 Å². The molecule has 0 aliphatic heterocycles. The smallest absolute Gasteiger partial charge is 0.178 e. The molecule has 0 spiro atoms. The van der Waals surface area contributed by atoms with Crippen LogP contribution in [0.15, 0.2) is 29.2 Å². The summed E-state index contributed by atoms with van der Waals surface area (Å²) in [6, 6.07) is 6.75. The zero-order valence-electron chi connectivity index (χ0n) is 10.9. The largest absolute Gasteiger partial charge is 0.393 e. The number of benzene rings is 1. The maximum Gasteiger partial charge on any atom is 0.178 e. The van der Waals surface area contributed by atoms with E-state index in [1.54, 1.807) is 31.2 Å². The molecule has 0 saturated carbocycles. The average molecular weight is 271 g/mol. The highest BCUT2D eigenvalue weighted by molar-refractivity contribution is 7.91. The van der Waals surface area contributed by atoms with Crippen LogP contribution in [-0.2, 0) is 9.84 Å². The Morgan fingerprint density at radius 1 is 1.28 bits per heavy atom. The van der Waals surface area contributed by atoms with Crippen molar-refractivity contribution < 1.29 is 13.5 Å². The minimum Gasteiger partial charge on any atom is -0.393 e. The topological polar surface area (TPSA) is 66.4 Å². The maximum atomic E-state index is 11.8. The highest BCUT2D eigenvalue weighted by Crippen LogP contribution is 2.16. The van der Waals surface area contributed by atoms with Crippen molar-refractivity contribution in [2.24, 2.45) is 0 Å². The first kappa shape index (κ1) is 15.0. The zero-order valence-corrected chi connectivity index (χ0v) is 11.7. The van der Waals surface area contributed by atoms with Gasteiger partial charge in [0.25, 0.3) is 0 Å². The Bertz CT molecular complexity index is 452. The summed E-state index contributed by atoms with van der Waals surface area (Å²) >= 11 is 0. The van der Waals surface area contributed by atoms with E-state index in [2.05, 4.69) is 5.32 Å². The number of hydrogen-bond acceptors (Lipinski definition) is 4. The molecule has 2 N–H and O–H groups in total. The Morgan fingerprint density at radius 3 is 2.39 bits per heavy atom. The lowest BCUT2D eigenvalue weighted by atomic mass is 10.2. The Hall–Kier alpha value is -1.07. The van der Waals surface area contributed by atoms with Crippen LogP contribution >= 0.6 is 0 Å². The lowest BCUT2D eigenvalue weighted by molar-refractivity contribution is 0.189. The molecule has 4 nitrogen and oxygen atoms in total. The van der Waals surface area contributed by atoms with Crippen LogP contribution in [0.2, 0.25) is 0 Å². The van der Waals surface area contributed by atoms with Crippen LogP contribution in [0.25, 0.3) is 0 Å². The molecular weight excluding hydrogens is 250 g/mol. The molecule has 1 rings (SSSR count). The number of aliphatic hydroxyl groups is 1. The Kier molecular flexibility index (Phi) is 5.62. The monoisotopic (exact) mass is 271 g/mol. The standard InChI is InChI=1S/C13H21NO3S/c1-3-10-18(16,17)13-6-4-12(5-7-13)14-9-8-11(2)15/h4-7,11,14-15H,3,8-10H2,1-2H3.